The van der Waals surface area contributed by atoms with E-state index < -0.39 is 0 Å². The smallest absolute Gasteiger partial charge is 0.239 e. The van der Waals surface area contributed by atoms with Crippen LogP contribution in [0.25, 0.3) is 10.2 Å². The summed E-state index contributed by atoms with van der Waals surface area (Å²) in [5.41, 5.74) is 0.903. The highest BCUT2D eigenvalue weighted by Crippen LogP contribution is 2.28. The van der Waals surface area contributed by atoms with E-state index in [-0.39, 0.29) is 10.7 Å². The van der Waals surface area contributed by atoms with Crippen LogP contribution in [0.15, 0.2) is 22.7 Å². The fraction of sp³-hybridized carbons (Fsp3) is 0.333. The number of thiazole rings is 1. The lowest BCUT2D eigenvalue weighted by molar-refractivity contribution is -0.115. The minimum atomic E-state index is -0.152. The maximum atomic E-state index is 11.8. The third kappa shape index (κ3) is 3.30. The first-order valence-electron chi connectivity index (χ1n) is 5.61. The monoisotopic (exact) mass is 390 g/mol. The molecule has 1 heterocycles. The van der Waals surface area contributed by atoms with E-state index in [1.165, 1.54) is 11.3 Å². The summed E-state index contributed by atoms with van der Waals surface area (Å²) in [5.74, 6) is -0.0324. The van der Waals surface area contributed by atoms with Gasteiger partial charge in [-0.3, -0.25) is 4.79 Å². The quantitative estimate of drug-likeness (QED) is 0.776. The highest BCUT2D eigenvalue weighted by molar-refractivity contribution is 9.10. The number of alkyl halides is 1. The van der Waals surface area contributed by atoms with Gasteiger partial charge in [-0.25, -0.2) is 4.98 Å². The normalized spacial score (nSPS) is 12.6. The molecule has 0 spiro atoms. The van der Waals surface area contributed by atoms with E-state index in [1.807, 2.05) is 18.2 Å². The number of carbonyl (C=O) groups excluding carboxylic acids is 1. The third-order valence-corrected chi connectivity index (χ3v) is 4.71. The predicted molar refractivity (Wildman–Crippen MR) is 83.6 cm³/mol. The van der Waals surface area contributed by atoms with Gasteiger partial charge in [0.1, 0.15) is 0 Å². The van der Waals surface area contributed by atoms with Gasteiger partial charge < -0.3 is 5.32 Å². The molecule has 1 aromatic carbocycles. The summed E-state index contributed by atoms with van der Waals surface area (Å²) in [6.07, 6.45) is 1.79. The average Bonchev–Trinajstić information content (AvgIpc) is 2.70. The van der Waals surface area contributed by atoms with Crippen molar-refractivity contribution in [1.82, 2.24) is 4.98 Å². The molecule has 1 amide bonds. The van der Waals surface area contributed by atoms with Crippen LogP contribution in [0.4, 0.5) is 5.13 Å². The topological polar surface area (TPSA) is 42.0 Å². The molecule has 1 atom stereocenters. The fourth-order valence-corrected chi connectivity index (χ4v) is 3.51. The van der Waals surface area contributed by atoms with Crippen molar-refractivity contribution in [2.75, 3.05) is 5.32 Å². The first-order chi connectivity index (χ1) is 8.60. The molecule has 3 nitrogen and oxygen atoms in total. The molecule has 0 saturated heterocycles. The van der Waals surface area contributed by atoms with Crippen LogP contribution in [-0.4, -0.2) is 15.7 Å². The lowest BCUT2D eigenvalue weighted by Crippen LogP contribution is -2.22. The molecule has 0 radical (unpaired) electrons. The van der Waals surface area contributed by atoms with Gasteiger partial charge in [0.2, 0.25) is 5.91 Å². The number of amides is 1. The molecular weight excluding hydrogens is 380 g/mol. The van der Waals surface area contributed by atoms with E-state index in [0.717, 1.165) is 27.5 Å². The van der Waals surface area contributed by atoms with Crippen molar-refractivity contribution in [1.29, 1.82) is 0 Å². The Morgan fingerprint density at radius 3 is 3.06 bits per heavy atom. The Balaban J connectivity index is 2.14. The van der Waals surface area contributed by atoms with E-state index >= 15 is 0 Å². The second-order valence-electron chi connectivity index (χ2n) is 3.88. The molecular formula is C12H12Br2N2OS. The van der Waals surface area contributed by atoms with Crippen LogP contribution in [0.5, 0.6) is 0 Å². The highest BCUT2D eigenvalue weighted by Gasteiger charge is 2.15. The summed E-state index contributed by atoms with van der Waals surface area (Å²) in [4.78, 5) is 16.1. The van der Waals surface area contributed by atoms with Gasteiger partial charge in [-0.15, -0.1) is 0 Å². The molecule has 0 aliphatic carbocycles. The second kappa shape index (κ2) is 6.12. The Kier molecular flexibility index (Phi) is 4.75. The zero-order valence-electron chi connectivity index (χ0n) is 9.74. The van der Waals surface area contributed by atoms with Crippen LogP contribution in [0.3, 0.4) is 0 Å². The number of benzene rings is 1. The minimum Gasteiger partial charge on any atom is -0.301 e. The van der Waals surface area contributed by atoms with Crippen LogP contribution in [-0.2, 0) is 4.79 Å². The molecule has 0 aliphatic heterocycles. The van der Waals surface area contributed by atoms with E-state index in [0.29, 0.717) is 5.13 Å². The number of fused-ring (bicyclic) bond motifs is 1. The fourth-order valence-electron chi connectivity index (χ4n) is 1.52. The molecule has 2 aromatic rings. The van der Waals surface area contributed by atoms with Crippen molar-refractivity contribution in [2.45, 2.75) is 24.6 Å². The van der Waals surface area contributed by atoms with Gasteiger partial charge in [0, 0.05) is 4.47 Å². The first kappa shape index (κ1) is 14.0. The van der Waals surface area contributed by atoms with Crippen LogP contribution in [0.1, 0.15) is 19.8 Å². The first-order valence-corrected chi connectivity index (χ1v) is 8.13. The van der Waals surface area contributed by atoms with Crippen molar-refractivity contribution in [3.05, 3.63) is 22.7 Å². The Bertz CT molecular complexity index is 570. The Hall–Kier alpha value is -0.460. The van der Waals surface area contributed by atoms with Crippen LogP contribution >= 0.6 is 43.2 Å². The van der Waals surface area contributed by atoms with Crippen molar-refractivity contribution >= 4 is 64.5 Å². The van der Waals surface area contributed by atoms with Gasteiger partial charge in [0.05, 0.1) is 15.0 Å². The maximum absolute atomic E-state index is 11.8. The Morgan fingerprint density at radius 1 is 1.56 bits per heavy atom. The van der Waals surface area contributed by atoms with Gasteiger partial charge in [-0.2, -0.15) is 0 Å². The summed E-state index contributed by atoms with van der Waals surface area (Å²) < 4.78 is 2.07. The number of nitrogens with zero attached hydrogens (tertiary/aromatic N) is 1. The summed E-state index contributed by atoms with van der Waals surface area (Å²) in [6.45, 7) is 2.05. The third-order valence-electron chi connectivity index (χ3n) is 2.41. The lowest BCUT2D eigenvalue weighted by Gasteiger charge is -2.06. The molecule has 18 heavy (non-hydrogen) atoms. The van der Waals surface area contributed by atoms with Crippen molar-refractivity contribution < 1.29 is 4.79 Å². The number of halogens is 2. The predicted octanol–water partition coefficient (Wildman–Crippen LogP) is 4.56. The average molecular weight is 392 g/mol. The van der Waals surface area contributed by atoms with E-state index in [2.05, 4.69) is 49.1 Å². The molecule has 1 aromatic heterocycles. The van der Waals surface area contributed by atoms with E-state index in [4.69, 9.17) is 0 Å². The summed E-state index contributed by atoms with van der Waals surface area (Å²) in [6, 6.07) is 5.88. The molecule has 0 saturated carbocycles. The summed E-state index contributed by atoms with van der Waals surface area (Å²) in [7, 11) is 0. The zero-order chi connectivity index (χ0) is 13.1. The van der Waals surface area contributed by atoms with Gasteiger partial charge in [0.15, 0.2) is 5.13 Å². The molecule has 0 unspecified atom stereocenters. The zero-order valence-corrected chi connectivity index (χ0v) is 13.7. The molecule has 96 valence electrons. The van der Waals surface area contributed by atoms with Crippen molar-refractivity contribution in [2.24, 2.45) is 0 Å². The van der Waals surface area contributed by atoms with Gasteiger partial charge in [-0.05, 0) is 24.6 Å². The number of hydrogen-bond donors (Lipinski definition) is 1. The largest absolute Gasteiger partial charge is 0.301 e. The number of aromatic nitrogens is 1. The number of carbonyl (C=O) groups is 1. The molecule has 1 N–H and O–H groups in total. The molecule has 0 bridgehead atoms. The van der Waals surface area contributed by atoms with Gasteiger partial charge >= 0.3 is 0 Å². The number of rotatable bonds is 4. The maximum Gasteiger partial charge on any atom is 0.239 e. The highest BCUT2D eigenvalue weighted by atomic mass is 79.9. The Labute approximate surface area is 126 Å². The number of hydrogen-bond acceptors (Lipinski definition) is 3. The number of nitrogens with one attached hydrogen (secondary N) is 1. The molecule has 6 heteroatoms. The van der Waals surface area contributed by atoms with Crippen molar-refractivity contribution in [3.63, 3.8) is 0 Å². The minimum absolute atomic E-state index is 0.0324. The summed E-state index contributed by atoms with van der Waals surface area (Å²) >= 11 is 8.28. The van der Waals surface area contributed by atoms with Crippen LogP contribution in [0.2, 0.25) is 0 Å². The molecule has 0 aliphatic rings. The van der Waals surface area contributed by atoms with E-state index in [1.54, 1.807) is 0 Å². The number of anilines is 1. The van der Waals surface area contributed by atoms with Crippen LogP contribution in [0, 0.1) is 0 Å². The van der Waals surface area contributed by atoms with Gasteiger partial charge in [-0.1, -0.05) is 56.5 Å². The standard InChI is InChI=1S/C12H12Br2N2OS/c1-2-3-8(14)11(17)16-12-15-9-5-4-7(13)6-10(9)18-12/h4-6,8H,2-3H2,1H3,(H,15,16,17)/t8-/m1/s1. The van der Waals surface area contributed by atoms with Crippen LogP contribution < -0.4 is 5.32 Å². The molecule has 2 rings (SSSR count). The lowest BCUT2D eigenvalue weighted by atomic mass is 10.2. The van der Waals surface area contributed by atoms with Gasteiger partial charge in [0.25, 0.3) is 0 Å². The Morgan fingerprint density at radius 2 is 2.33 bits per heavy atom. The summed E-state index contributed by atoms with van der Waals surface area (Å²) in [5, 5.41) is 3.49. The van der Waals surface area contributed by atoms with E-state index in [9.17, 15) is 4.79 Å². The van der Waals surface area contributed by atoms with Crippen molar-refractivity contribution in [3.8, 4) is 0 Å². The second-order valence-corrected chi connectivity index (χ2v) is 6.93. The SMILES string of the molecule is CCC[C@@H](Br)C(=O)Nc1nc2ccc(Br)cc2s1. The molecule has 0 fully saturated rings.